The zero-order valence-electron chi connectivity index (χ0n) is 12.5. The highest BCUT2D eigenvalue weighted by Crippen LogP contribution is 2.30. The van der Waals surface area contributed by atoms with Crippen molar-refractivity contribution in [3.63, 3.8) is 0 Å². The molecule has 23 heavy (non-hydrogen) atoms. The number of aromatic nitrogens is 2. The summed E-state index contributed by atoms with van der Waals surface area (Å²) in [7, 11) is 0. The van der Waals surface area contributed by atoms with Gasteiger partial charge in [-0.3, -0.25) is 4.79 Å². The Morgan fingerprint density at radius 3 is 2.70 bits per heavy atom. The molecule has 0 amide bonds. The summed E-state index contributed by atoms with van der Waals surface area (Å²) in [5.41, 5.74) is 2.85. The van der Waals surface area contributed by atoms with Gasteiger partial charge in [0, 0.05) is 15.1 Å². The molecule has 0 spiro atoms. The minimum Gasteiger partial charge on any atom is -0.267 e. The summed E-state index contributed by atoms with van der Waals surface area (Å²) < 4.78 is 2.48. The quantitative estimate of drug-likeness (QED) is 0.570. The molecule has 1 aromatic carbocycles. The van der Waals surface area contributed by atoms with E-state index in [4.69, 9.17) is 0 Å². The third kappa shape index (κ3) is 2.47. The molecule has 1 aliphatic rings. The van der Waals surface area contributed by atoms with Crippen LogP contribution in [0.25, 0.3) is 10.2 Å². The zero-order valence-corrected chi connectivity index (χ0v) is 15.7. The number of hydrogen-bond donors (Lipinski definition) is 0. The Morgan fingerprint density at radius 1 is 1.22 bits per heavy atom. The molecule has 7 heteroatoms. The smallest absolute Gasteiger partial charge is 0.267 e. The second-order valence-corrected chi connectivity index (χ2v) is 8.38. The number of halogens is 1. The van der Waals surface area contributed by atoms with Gasteiger partial charge in [0.1, 0.15) is 4.83 Å². The number of aryl methyl sites for hydroxylation is 2. The van der Waals surface area contributed by atoms with Crippen molar-refractivity contribution in [2.45, 2.75) is 19.0 Å². The highest BCUT2D eigenvalue weighted by Gasteiger charge is 2.21. The lowest BCUT2D eigenvalue weighted by atomic mass is 10.1. The van der Waals surface area contributed by atoms with E-state index >= 15 is 0 Å². The predicted octanol–water partition coefficient (Wildman–Crippen LogP) is 4.20. The molecule has 4 rings (SSSR count). The fourth-order valence-corrected chi connectivity index (χ4v) is 4.75. The fourth-order valence-electron chi connectivity index (χ4n) is 2.51. The molecule has 0 radical (unpaired) electrons. The molecule has 0 atom stereocenters. The van der Waals surface area contributed by atoms with E-state index in [0.717, 1.165) is 31.0 Å². The van der Waals surface area contributed by atoms with E-state index in [0.29, 0.717) is 16.3 Å². The van der Waals surface area contributed by atoms with Crippen LogP contribution in [0.1, 0.15) is 16.0 Å². The van der Waals surface area contributed by atoms with Gasteiger partial charge in [-0.2, -0.15) is 9.78 Å². The van der Waals surface area contributed by atoms with Crippen molar-refractivity contribution in [1.29, 1.82) is 0 Å². The molecular formula is C16H12BrN3OS2. The third-order valence-corrected chi connectivity index (χ3v) is 6.46. The molecular weight excluding hydrogens is 394 g/mol. The summed E-state index contributed by atoms with van der Waals surface area (Å²) in [6.45, 7) is 3.99. The summed E-state index contributed by atoms with van der Waals surface area (Å²) >= 11 is 6.56. The van der Waals surface area contributed by atoms with Gasteiger partial charge in [0.2, 0.25) is 0 Å². The molecule has 116 valence electrons. The van der Waals surface area contributed by atoms with Crippen LogP contribution in [-0.2, 0) is 0 Å². The summed E-state index contributed by atoms with van der Waals surface area (Å²) in [6.07, 6.45) is 0. The van der Waals surface area contributed by atoms with Gasteiger partial charge in [0.25, 0.3) is 5.56 Å². The maximum absolute atomic E-state index is 12.8. The van der Waals surface area contributed by atoms with Gasteiger partial charge in [-0.05, 0) is 37.1 Å². The first-order valence-electron chi connectivity index (χ1n) is 7.04. The Kier molecular flexibility index (Phi) is 3.66. The van der Waals surface area contributed by atoms with Crippen molar-refractivity contribution in [3.05, 3.63) is 55.1 Å². The largest absolute Gasteiger partial charge is 0.283 e. The maximum Gasteiger partial charge on any atom is 0.283 e. The lowest BCUT2D eigenvalue weighted by Crippen LogP contribution is -2.25. The Hall–Kier alpha value is -1.44. The van der Waals surface area contributed by atoms with Crippen LogP contribution in [0.4, 0.5) is 0 Å². The van der Waals surface area contributed by atoms with Crippen molar-refractivity contribution in [1.82, 2.24) is 9.66 Å². The Bertz CT molecular complexity index is 1020. The van der Waals surface area contributed by atoms with Crippen LogP contribution in [0.2, 0.25) is 0 Å². The van der Waals surface area contributed by atoms with Crippen molar-refractivity contribution in [2.75, 3.05) is 5.75 Å². The first-order valence-corrected chi connectivity index (χ1v) is 9.63. The van der Waals surface area contributed by atoms with Gasteiger partial charge in [0.05, 0.1) is 11.1 Å². The number of rotatable bonds is 1. The lowest BCUT2D eigenvalue weighted by molar-refractivity contribution is 0.700. The van der Waals surface area contributed by atoms with Crippen molar-refractivity contribution in [3.8, 4) is 0 Å². The number of hydrogen-bond acceptors (Lipinski definition) is 5. The van der Waals surface area contributed by atoms with Crippen molar-refractivity contribution < 1.29 is 0 Å². The van der Waals surface area contributed by atoms with Gasteiger partial charge < -0.3 is 0 Å². The predicted molar refractivity (Wildman–Crippen MR) is 100 cm³/mol. The molecule has 2 aromatic heterocycles. The SMILES string of the molecule is Cc1sc2nc3n(c(=O)c2c1C)N=C(c1ccc(Br)cc1)CS3. The van der Waals surface area contributed by atoms with E-state index in [1.165, 1.54) is 4.68 Å². The van der Waals surface area contributed by atoms with Crippen molar-refractivity contribution >= 4 is 55.0 Å². The van der Waals surface area contributed by atoms with Gasteiger partial charge >= 0.3 is 0 Å². The number of thiophene rings is 1. The van der Waals surface area contributed by atoms with Crippen LogP contribution in [0.15, 0.2) is 43.8 Å². The molecule has 0 fully saturated rings. The van der Waals surface area contributed by atoms with E-state index in [1.54, 1.807) is 23.1 Å². The molecule has 0 saturated carbocycles. The normalized spacial score (nSPS) is 14.0. The average molecular weight is 406 g/mol. The average Bonchev–Trinajstić information content (AvgIpc) is 2.83. The van der Waals surface area contributed by atoms with E-state index in [1.807, 2.05) is 38.1 Å². The number of thioether (sulfide) groups is 1. The Morgan fingerprint density at radius 2 is 1.96 bits per heavy atom. The number of fused-ring (bicyclic) bond motifs is 2. The first-order chi connectivity index (χ1) is 11.0. The molecule has 0 saturated heterocycles. The van der Waals surface area contributed by atoms with Gasteiger partial charge in [-0.1, -0.05) is 39.8 Å². The minimum atomic E-state index is -0.0753. The highest BCUT2D eigenvalue weighted by atomic mass is 79.9. The fraction of sp³-hybridized carbons (Fsp3) is 0.188. The molecule has 3 heterocycles. The van der Waals surface area contributed by atoms with E-state index in [9.17, 15) is 4.79 Å². The van der Waals surface area contributed by atoms with Crippen LogP contribution < -0.4 is 5.56 Å². The standard InChI is InChI=1S/C16H12BrN3OS2/c1-8-9(2)23-14-13(8)15(21)20-16(18-14)22-7-12(19-20)10-3-5-11(17)6-4-10/h3-6H,7H2,1-2H3. The van der Waals surface area contributed by atoms with Gasteiger partial charge in [0.15, 0.2) is 5.16 Å². The summed E-state index contributed by atoms with van der Waals surface area (Å²) in [4.78, 5) is 19.4. The number of nitrogens with zero attached hydrogens (tertiary/aromatic N) is 3. The van der Waals surface area contributed by atoms with E-state index < -0.39 is 0 Å². The lowest BCUT2D eigenvalue weighted by Gasteiger charge is -2.15. The second-order valence-electron chi connectivity index (χ2n) is 5.32. The van der Waals surface area contributed by atoms with Crippen LogP contribution in [-0.4, -0.2) is 21.1 Å². The van der Waals surface area contributed by atoms with Crippen LogP contribution in [0.5, 0.6) is 0 Å². The molecule has 0 bridgehead atoms. The monoisotopic (exact) mass is 405 g/mol. The van der Waals surface area contributed by atoms with Crippen molar-refractivity contribution in [2.24, 2.45) is 5.10 Å². The molecule has 4 nitrogen and oxygen atoms in total. The maximum atomic E-state index is 12.8. The summed E-state index contributed by atoms with van der Waals surface area (Å²) in [5.74, 6) is 0.711. The van der Waals surface area contributed by atoms with Crippen LogP contribution in [0, 0.1) is 13.8 Å². The third-order valence-electron chi connectivity index (χ3n) is 3.89. The van der Waals surface area contributed by atoms with Gasteiger partial charge in [-0.25, -0.2) is 4.98 Å². The van der Waals surface area contributed by atoms with Crippen LogP contribution >= 0.6 is 39.0 Å². The summed E-state index contributed by atoms with van der Waals surface area (Å²) in [6, 6.07) is 7.97. The molecule has 1 aliphatic heterocycles. The van der Waals surface area contributed by atoms with Crippen LogP contribution in [0.3, 0.4) is 0 Å². The minimum absolute atomic E-state index is 0.0753. The summed E-state index contributed by atoms with van der Waals surface area (Å²) in [5, 5.41) is 5.94. The molecule has 0 aliphatic carbocycles. The Labute approximate surface area is 149 Å². The van der Waals surface area contributed by atoms with E-state index in [2.05, 4.69) is 26.0 Å². The topological polar surface area (TPSA) is 47.2 Å². The molecule has 0 N–H and O–H groups in total. The molecule has 3 aromatic rings. The molecule has 0 unspecified atom stereocenters. The zero-order chi connectivity index (χ0) is 16.1. The van der Waals surface area contributed by atoms with E-state index in [-0.39, 0.29) is 5.56 Å². The first kappa shape index (κ1) is 15.1. The Balaban J connectivity index is 1.93. The van der Waals surface area contributed by atoms with Gasteiger partial charge in [-0.15, -0.1) is 11.3 Å². The number of benzene rings is 1. The highest BCUT2D eigenvalue weighted by molar-refractivity contribution is 9.10. The second kappa shape index (κ2) is 5.58.